The molecule has 0 aliphatic heterocycles. The third kappa shape index (κ3) is 3.50. The fraction of sp³-hybridized carbons (Fsp3) is 0.667. The lowest BCUT2D eigenvalue weighted by Crippen LogP contribution is -2.32. The molecule has 0 aromatic rings. The summed E-state index contributed by atoms with van der Waals surface area (Å²) >= 11 is 1.20. The number of Topliss-reactive ketones (excluding diaryl/α,β-unsaturated/α-hetero) is 2. The molecule has 0 fully saturated rings. The molecule has 0 amide bonds. The van der Waals surface area contributed by atoms with Crippen LogP contribution < -0.4 is 0 Å². The smallest absolute Gasteiger partial charge is 0.229 e. The van der Waals surface area contributed by atoms with Gasteiger partial charge in [0.25, 0.3) is 0 Å². The van der Waals surface area contributed by atoms with E-state index in [1.54, 1.807) is 6.26 Å². The van der Waals surface area contributed by atoms with Gasteiger partial charge >= 0.3 is 0 Å². The molecule has 0 aromatic carbocycles. The number of aliphatic hydroxyl groups is 2. The van der Waals surface area contributed by atoms with E-state index in [0.29, 0.717) is 0 Å². The fourth-order valence-corrected chi connectivity index (χ4v) is 0.875. The standard InChI is InChI=1S/C6H10O4S/c1-11-3-5(9)6(10)4(8)2-7/h4,7-8H,2-3H2,1H3/t4-/m0/s1. The van der Waals surface area contributed by atoms with Crippen molar-refractivity contribution in [1.29, 1.82) is 0 Å². The molecule has 64 valence electrons. The van der Waals surface area contributed by atoms with Crippen molar-refractivity contribution in [1.82, 2.24) is 0 Å². The van der Waals surface area contributed by atoms with Gasteiger partial charge in [-0.05, 0) is 6.26 Å². The number of hydrogen-bond donors (Lipinski definition) is 2. The average Bonchev–Trinajstić information content (AvgIpc) is 2.02. The minimum Gasteiger partial charge on any atom is -0.393 e. The maximum atomic E-state index is 10.7. The third-order valence-electron chi connectivity index (χ3n) is 1.03. The Labute approximate surface area is 68.6 Å². The predicted molar refractivity (Wildman–Crippen MR) is 41.5 cm³/mol. The minimum absolute atomic E-state index is 0.0515. The van der Waals surface area contributed by atoms with Crippen LogP contribution in [0.2, 0.25) is 0 Å². The maximum Gasteiger partial charge on any atom is 0.229 e. The zero-order chi connectivity index (χ0) is 8.85. The summed E-state index contributed by atoms with van der Waals surface area (Å²) < 4.78 is 0. The molecular weight excluding hydrogens is 168 g/mol. The second-order valence-corrected chi connectivity index (χ2v) is 2.78. The number of aliphatic hydroxyl groups excluding tert-OH is 2. The monoisotopic (exact) mass is 178 g/mol. The van der Waals surface area contributed by atoms with E-state index in [9.17, 15) is 9.59 Å². The van der Waals surface area contributed by atoms with Crippen LogP contribution in [0.1, 0.15) is 0 Å². The SMILES string of the molecule is CSCC(=O)C(=O)[C@@H](O)CO. The summed E-state index contributed by atoms with van der Waals surface area (Å²) in [5.41, 5.74) is 0. The number of hydrogen-bond acceptors (Lipinski definition) is 5. The molecule has 0 heterocycles. The van der Waals surface area contributed by atoms with Crippen molar-refractivity contribution in [2.75, 3.05) is 18.6 Å². The Morgan fingerprint density at radius 2 is 2.09 bits per heavy atom. The van der Waals surface area contributed by atoms with Gasteiger partial charge in [0.2, 0.25) is 11.6 Å². The molecule has 0 unspecified atom stereocenters. The van der Waals surface area contributed by atoms with Crippen molar-refractivity contribution in [3.05, 3.63) is 0 Å². The van der Waals surface area contributed by atoms with Crippen molar-refractivity contribution in [2.24, 2.45) is 0 Å². The first kappa shape index (κ1) is 10.6. The Morgan fingerprint density at radius 1 is 1.55 bits per heavy atom. The van der Waals surface area contributed by atoms with E-state index < -0.39 is 24.3 Å². The van der Waals surface area contributed by atoms with Crippen LogP contribution >= 0.6 is 11.8 Å². The highest BCUT2D eigenvalue weighted by Crippen LogP contribution is 1.95. The predicted octanol–water partition coefficient (Wildman–Crippen LogP) is -1.16. The van der Waals surface area contributed by atoms with E-state index in [1.165, 1.54) is 11.8 Å². The summed E-state index contributed by atoms with van der Waals surface area (Å²) in [4.78, 5) is 21.4. The summed E-state index contributed by atoms with van der Waals surface area (Å²) in [5, 5.41) is 17.0. The molecule has 0 spiro atoms. The first-order valence-electron chi connectivity index (χ1n) is 2.98. The van der Waals surface area contributed by atoms with E-state index in [-0.39, 0.29) is 5.75 Å². The molecule has 0 aliphatic carbocycles. The number of carbonyl (C=O) groups excluding carboxylic acids is 2. The molecule has 1 atom stereocenters. The highest BCUT2D eigenvalue weighted by molar-refractivity contribution is 7.99. The van der Waals surface area contributed by atoms with Gasteiger partial charge in [-0.25, -0.2) is 0 Å². The Kier molecular flexibility index (Phi) is 5.10. The lowest BCUT2D eigenvalue weighted by molar-refractivity contribution is -0.141. The first-order valence-corrected chi connectivity index (χ1v) is 4.37. The minimum atomic E-state index is -1.55. The lowest BCUT2D eigenvalue weighted by Gasteiger charge is -2.02. The lowest BCUT2D eigenvalue weighted by atomic mass is 10.2. The molecule has 11 heavy (non-hydrogen) atoms. The number of rotatable bonds is 5. The molecule has 4 nitrogen and oxygen atoms in total. The summed E-state index contributed by atoms with van der Waals surface area (Å²) in [6, 6.07) is 0. The van der Waals surface area contributed by atoms with E-state index in [1.807, 2.05) is 0 Å². The van der Waals surface area contributed by atoms with Crippen LogP contribution in [0.3, 0.4) is 0 Å². The summed E-state index contributed by atoms with van der Waals surface area (Å²) in [6.07, 6.45) is 0.130. The fourth-order valence-electron chi connectivity index (χ4n) is 0.471. The number of ketones is 2. The summed E-state index contributed by atoms with van der Waals surface area (Å²) in [6.45, 7) is -0.695. The molecule has 0 aliphatic rings. The zero-order valence-electron chi connectivity index (χ0n) is 6.11. The molecule has 0 rings (SSSR count). The molecule has 2 N–H and O–H groups in total. The second-order valence-electron chi connectivity index (χ2n) is 1.92. The van der Waals surface area contributed by atoms with Crippen molar-refractivity contribution in [3.8, 4) is 0 Å². The van der Waals surface area contributed by atoms with Gasteiger partial charge in [-0.1, -0.05) is 0 Å². The maximum absolute atomic E-state index is 10.7. The molecule has 0 bridgehead atoms. The average molecular weight is 178 g/mol. The van der Waals surface area contributed by atoms with Crippen LogP contribution in [-0.2, 0) is 9.59 Å². The molecule has 0 aromatic heterocycles. The van der Waals surface area contributed by atoms with Gasteiger partial charge in [0.15, 0.2) is 0 Å². The number of carbonyl (C=O) groups is 2. The number of thioether (sulfide) groups is 1. The third-order valence-corrected chi connectivity index (χ3v) is 1.58. The van der Waals surface area contributed by atoms with Gasteiger partial charge in [0, 0.05) is 0 Å². The Morgan fingerprint density at radius 3 is 2.45 bits per heavy atom. The van der Waals surface area contributed by atoms with Crippen molar-refractivity contribution in [3.63, 3.8) is 0 Å². The summed E-state index contributed by atoms with van der Waals surface area (Å²) in [7, 11) is 0. The molecule has 0 radical (unpaired) electrons. The van der Waals surface area contributed by atoms with Crippen LogP contribution in [0.5, 0.6) is 0 Å². The van der Waals surface area contributed by atoms with Crippen LogP contribution in [0.4, 0.5) is 0 Å². The first-order chi connectivity index (χ1) is 5.13. The molecular formula is C6H10O4S. The zero-order valence-corrected chi connectivity index (χ0v) is 6.93. The van der Waals surface area contributed by atoms with Crippen LogP contribution in [0.25, 0.3) is 0 Å². The Balaban J connectivity index is 3.92. The van der Waals surface area contributed by atoms with Crippen LogP contribution in [0, 0.1) is 0 Å². The van der Waals surface area contributed by atoms with Gasteiger partial charge in [-0.3, -0.25) is 9.59 Å². The van der Waals surface area contributed by atoms with Gasteiger partial charge in [-0.15, -0.1) is 0 Å². The highest BCUT2D eigenvalue weighted by atomic mass is 32.2. The van der Waals surface area contributed by atoms with Crippen molar-refractivity contribution >= 4 is 23.3 Å². The van der Waals surface area contributed by atoms with Crippen molar-refractivity contribution < 1.29 is 19.8 Å². The van der Waals surface area contributed by atoms with Gasteiger partial charge in [0.1, 0.15) is 6.10 Å². The highest BCUT2D eigenvalue weighted by Gasteiger charge is 2.20. The normalized spacial score (nSPS) is 12.6. The van der Waals surface area contributed by atoms with Gasteiger partial charge < -0.3 is 10.2 Å². The molecule has 0 saturated heterocycles. The second kappa shape index (κ2) is 5.29. The van der Waals surface area contributed by atoms with E-state index >= 15 is 0 Å². The quantitative estimate of drug-likeness (QED) is 0.519. The molecule has 0 saturated carbocycles. The topological polar surface area (TPSA) is 74.6 Å². The van der Waals surface area contributed by atoms with Crippen LogP contribution in [0.15, 0.2) is 0 Å². The van der Waals surface area contributed by atoms with Crippen molar-refractivity contribution in [2.45, 2.75) is 6.10 Å². The van der Waals surface area contributed by atoms with Gasteiger partial charge in [0.05, 0.1) is 12.4 Å². The summed E-state index contributed by atoms with van der Waals surface area (Å²) in [5.74, 6) is -1.52. The Hall–Kier alpha value is -0.390. The van der Waals surface area contributed by atoms with E-state index in [2.05, 4.69) is 0 Å². The van der Waals surface area contributed by atoms with E-state index in [4.69, 9.17) is 10.2 Å². The largest absolute Gasteiger partial charge is 0.393 e. The molecule has 5 heteroatoms. The van der Waals surface area contributed by atoms with E-state index in [0.717, 1.165) is 0 Å². The Bertz CT molecular complexity index is 157. The van der Waals surface area contributed by atoms with Gasteiger partial charge in [-0.2, -0.15) is 11.8 Å². The van der Waals surface area contributed by atoms with Crippen LogP contribution in [-0.4, -0.2) is 46.5 Å².